The molecule has 10 heteroatoms. The third-order valence-corrected chi connectivity index (χ3v) is 8.74. The molecule has 3 unspecified atom stereocenters. The zero-order valence-corrected chi connectivity index (χ0v) is 22.0. The number of carbonyl (C=O) groups is 3. The first-order chi connectivity index (χ1) is 18.7. The Balaban J connectivity index is 1.41. The lowest BCUT2D eigenvalue weighted by molar-refractivity contribution is -0.126. The number of rotatable bonds is 5. The number of benzene rings is 3. The maximum atomic E-state index is 13.9. The second-order valence-corrected chi connectivity index (χ2v) is 11.0. The van der Waals surface area contributed by atoms with Crippen molar-refractivity contribution in [2.24, 2.45) is 11.5 Å². The standard InChI is InChI=1S/C29H27N5O4S/c1-34-14-16(13-21(34)35)33-28(37)26-23-22-19(11-12-20(30)25(22)39-26)29(32,27(36)24(23)31)15-7-9-18(10-8-15)38-17-5-3-2-4-6-17/h2-12,16,24H,13-14,30-32H2,1H3,(H,33,37). The average Bonchev–Trinajstić information content (AvgIpc) is 3.48. The van der Waals surface area contributed by atoms with Crippen molar-refractivity contribution in [3.8, 4) is 11.5 Å². The summed E-state index contributed by atoms with van der Waals surface area (Å²) in [5.41, 5.74) is 20.2. The first-order valence-electron chi connectivity index (χ1n) is 12.5. The monoisotopic (exact) mass is 541 g/mol. The van der Waals surface area contributed by atoms with E-state index in [1.807, 2.05) is 30.3 Å². The molecular formula is C29H27N5O4S. The summed E-state index contributed by atoms with van der Waals surface area (Å²) in [5, 5.41) is 3.55. The third-order valence-electron chi connectivity index (χ3n) is 7.48. The van der Waals surface area contributed by atoms with E-state index in [9.17, 15) is 14.4 Å². The Morgan fingerprint density at radius 3 is 2.41 bits per heavy atom. The van der Waals surface area contributed by atoms with E-state index in [0.717, 1.165) is 0 Å². The largest absolute Gasteiger partial charge is 0.457 e. The minimum Gasteiger partial charge on any atom is -0.457 e. The van der Waals surface area contributed by atoms with Crippen molar-refractivity contribution in [3.05, 3.63) is 88.3 Å². The van der Waals surface area contributed by atoms with Gasteiger partial charge < -0.3 is 32.2 Å². The summed E-state index contributed by atoms with van der Waals surface area (Å²) < 4.78 is 6.54. The van der Waals surface area contributed by atoms with Gasteiger partial charge in [-0.2, -0.15) is 0 Å². The van der Waals surface area contributed by atoms with Crippen LogP contribution in [0.15, 0.2) is 66.7 Å². The number of Topliss-reactive ketones (excluding diaryl/α,β-unsaturated/α-hetero) is 1. The molecule has 1 fully saturated rings. The van der Waals surface area contributed by atoms with Crippen LogP contribution in [0.1, 0.15) is 38.8 Å². The van der Waals surface area contributed by atoms with E-state index in [4.69, 9.17) is 21.9 Å². The fourth-order valence-electron chi connectivity index (χ4n) is 5.47. The lowest BCUT2D eigenvalue weighted by Crippen LogP contribution is -2.52. The quantitative estimate of drug-likeness (QED) is 0.283. The minimum atomic E-state index is -1.56. The van der Waals surface area contributed by atoms with E-state index in [-0.39, 0.29) is 24.3 Å². The summed E-state index contributed by atoms with van der Waals surface area (Å²) in [6.45, 7) is 0.416. The van der Waals surface area contributed by atoms with Gasteiger partial charge >= 0.3 is 0 Å². The first-order valence-corrected chi connectivity index (χ1v) is 13.3. The molecule has 0 bridgehead atoms. The molecule has 198 valence electrons. The van der Waals surface area contributed by atoms with Crippen LogP contribution >= 0.6 is 11.3 Å². The van der Waals surface area contributed by atoms with Crippen LogP contribution in [-0.4, -0.2) is 42.1 Å². The third kappa shape index (κ3) is 3.95. The number of nitrogen functional groups attached to an aromatic ring is 1. The number of hydrogen-bond acceptors (Lipinski definition) is 8. The van der Waals surface area contributed by atoms with Crippen molar-refractivity contribution in [2.45, 2.75) is 24.0 Å². The highest BCUT2D eigenvalue weighted by Crippen LogP contribution is 2.49. The van der Waals surface area contributed by atoms with Gasteiger partial charge in [-0.3, -0.25) is 14.4 Å². The van der Waals surface area contributed by atoms with Gasteiger partial charge in [0.05, 0.1) is 21.7 Å². The fraction of sp³-hybridized carbons (Fsp3) is 0.207. The van der Waals surface area contributed by atoms with Gasteiger partial charge in [-0.25, -0.2) is 0 Å². The number of para-hydroxylation sites is 1. The van der Waals surface area contributed by atoms with E-state index in [0.29, 0.717) is 55.4 Å². The lowest BCUT2D eigenvalue weighted by atomic mass is 9.70. The molecule has 0 radical (unpaired) electrons. The molecule has 3 atom stereocenters. The molecular weight excluding hydrogens is 514 g/mol. The summed E-state index contributed by atoms with van der Waals surface area (Å²) in [6, 6.07) is 18.3. The SMILES string of the molecule is CN1CC(NC(=O)c2sc3c(N)ccc4c3c2C(N)C(=O)C4(N)c2ccc(Oc3ccccc3)cc2)CC1=O. The second-order valence-electron chi connectivity index (χ2n) is 9.99. The normalized spacial score (nSPS) is 22.4. The number of likely N-dealkylation sites (tertiary alicyclic amines) is 1. The van der Waals surface area contributed by atoms with Crippen LogP contribution in [0.4, 0.5) is 5.69 Å². The number of ether oxygens (including phenoxy) is 1. The molecule has 1 aliphatic heterocycles. The topological polar surface area (TPSA) is 154 Å². The molecule has 4 aromatic rings. The van der Waals surface area contributed by atoms with Crippen LogP contribution in [0.25, 0.3) is 10.1 Å². The Hall–Kier alpha value is -4.25. The summed E-state index contributed by atoms with van der Waals surface area (Å²) in [5.74, 6) is 0.422. The Morgan fingerprint density at radius 1 is 1.05 bits per heavy atom. The lowest BCUT2D eigenvalue weighted by Gasteiger charge is -2.36. The number of ketones is 1. The number of nitrogens with two attached hydrogens (primary N) is 3. The number of thiophene rings is 1. The smallest absolute Gasteiger partial charge is 0.262 e. The molecule has 6 rings (SSSR count). The molecule has 1 aliphatic carbocycles. The minimum absolute atomic E-state index is 0.0375. The van der Waals surface area contributed by atoms with Gasteiger partial charge in [0.25, 0.3) is 5.91 Å². The molecule has 9 nitrogen and oxygen atoms in total. The van der Waals surface area contributed by atoms with E-state index < -0.39 is 17.4 Å². The number of anilines is 1. The number of nitrogens with zero attached hydrogens (tertiary/aromatic N) is 1. The van der Waals surface area contributed by atoms with Crippen molar-refractivity contribution < 1.29 is 19.1 Å². The van der Waals surface area contributed by atoms with E-state index in [1.54, 1.807) is 48.3 Å². The van der Waals surface area contributed by atoms with Gasteiger partial charge in [0, 0.05) is 36.7 Å². The number of amides is 2. The molecule has 1 saturated heterocycles. The maximum Gasteiger partial charge on any atom is 0.262 e. The molecule has 7 N–H and O–H groups in total. The van der Waals surface area contributed by atoms with Crippen LogP contribution < -0.4 is 27.3 Å². The Labute approximate surface area is 228 Å². The molecule has 39 heavy (non-hydrogen) atoms. The molecule has 2 aliphatic rings. The molecule has 1 aromatic heterocycles. The predicted molar refractivity (Wildman–Crippen MR) is 150 cm³/mol. The molecule has 2 heterocycles. The first kappa shape index (κ1) is 25.1. The molecule has 0 saturated carbocycles. The second kappa shape index (κ2) is 9.19. The van der Waals surface area contributed by atoms with Crippen LogP contribution in [0, 0.1) is 0 Å². The van der Waals surface area contributed by atoms with Gasteiger partial charge in [-0.1, -0.05) is 36.4 Å². The Kier molecular flexibility index (Phi) is 5.91. The van der Waals surface area contributed by atoms with Crippen molar-refractivity contribution in [1.29, 1.82) is 0 Å². The van der Waals surface area contributed by atoms with Gasteiger partial charge in [0.1, 0.15) is 17.0 Å². The van der Waals surface area contributed by atoms with E-state index in [2.05, 4.69) is 5.32 Å². The van der Waals surface area contributed by atoms with Crippen LogP contribution in [0.2, 0.25) is 0 Å². The number of carbonyl (C=O) groups excluding carboxylic acids is 3. The predicted octanol–water partition coefficient (Wildman–Crippen LogP) is 3.02. The zero-order valence-electron chi connectivity index (χ0n) is 21.1. The molecule has 2 amide bonds. The van der Waals surface area contributed by atoms with Crippen molar-refractivity contribution in [1.82, 2.24) is 10.2 Å². The highest BCUT2D eigenvalue weighted by Gasteiger charge is 2.49. The van der Waals surface area contributed by atoms with Gasteiger partial charge in [-0.15, -0.1) is 11.3 Å². The molecule has 0 spiro atoms. The number of hydrogen-bond donors (Lipinski definition) is 4. The molecule has 3 aromatic carbocycles. The van der Waals surface area contributed by atoms with Crippen molar-refractivity contribution in [3.63, 3.8) is 0 Å². The summed E-state index contributed by atoms with van der Waals surface area (Å²) >= 11 is 1.18. The van der Waals surface area contributed by atoms with Crippen LogP contribution in [-0.2, 0) is 15.1 Å². The maximum absolute atomic E-state index is 13.9. The van der Waals surface area contributed by atoms with Crippen LogP contribution in [0.3, 0.4) is 0 Å². The van der Waals surface area contributed by atoms with Gasteiger partial charge in [0.2, 0.25) is 5.91 Å². The summed E-state index contributed by atoms with van der Waals surface area (Å²) in [4.78, 5) is 41.2. The van der Waals surface area contributed by atoms with E-state index in [1.165, 1.54) is 11.3 Å². The van der Waals surface area contributed by atoms with Gasteiger partial charge in [0.15, 0.2) is 5.78 Å². The van der Waals surface area contributed by atoms with Gasteiger partial charge in [-0.05, 0) is 41.5 Å². The Bertz CT molecular complexity index is 1640. The number of nitrogens with one attached hydrogen (secondary N) is 1. The van der Waals surface area contributed by atoms with E-state index >= 15 is 0 Å². The van der Waals surface area contributed by atoms with Crippen molar-refractivity contribution >= 4 is 44.7 Å². The van der Waals surface area contributed by atoms with Crippen LogP contribution in [0.5, 0.6) is 11.5 Å². The zero-order chi connectivity index (χ0) is 27.5. The Morgan fingerprint density at radius 2 is 1.74 bits per heavy atom. The fourth-order valence-corrected chi connectivity index (χ4v) is 6.67. The summed E-state index contributed by atoms with van der Waals surface area (Å²) in [6.07, 6.45) is 0.219. The highest BCUT2D eigenvalue weighted by molar-refractivity contribution is 7.21. The average molecular weight is 542 g/mol. The number of likely N-dealkylation sites (N-methyl/N-ethyl adjacent to an activating group) is 1. The van der Waals surface area contributed by atoms with Crippen molar-refractivity contribution in [2.75, 3.05) is 19.3 Å². The highest BCUT2D eigenvalue weighted by atomic mass is 32.1. The summed E-state index contributed by atoms with van der Waals surface area (Å²) in [7, 11) is 1.69.